The van der Waals surface area contributed by atoms with Gasteiger partial charge in [-0.3, -0.25) is 14.3 Å². The standard InChI is InChI=1S/C32H32F2N6O4/c1-3-42-32-35-16-20-14-25(30(41)40(29(20)37-32)21-5-7-22(8-6-21)44-31(33)34)19-4-11-26-27(15-19)38(2)28(36-26)12-13-39-17-23-9-10-24(18-39)43-23/h4-8,11,14-16,23-24,31H,3,9-10,12-13,17-18H2,1-2H3. The molecule has 2 atom stereocenters. The largest absolute Gasteiger partial charge is 0.464 e. The molecule has 44 heavy (non-hydrogen) atoms. The number of aromatic nitrogens is 5. The molecule has 0 spiro atoms. The van der Waals surface area contributed by atoms with Crippen LogP contribution >= 0.6 is 0 Å². The first kappa shape index (κ1) is 28.4. The minimum Gasteiger partial charge on any atom is -0.464 e. The number of imidazole rings is 1. The van der Waals surface area contributed by atoms with Crippen molar-refractivity contribution in [3.05, 3.63) is 70.9 Å². The van der Waals surface area contributed by atoms with Crippen LogP contribution in [0.5, 0.6) is 11.8 Å². The van der Waals surface area contributed by atoms with Gasteiger partial charge >= 0.3 is 12.6 Å². The molecule has 2 unspecified atom stereocenters. The number of aryl methyl sites for hydroxylation is 1. The normalized spacial score (nSPS) is 18.5. The Morgan fingerprint density at radius 2 is 1.82 bits per heavy atom. The summed E-state index contributed by atoms with van der Waals surface area (Å²) < 4.78 is 45.0. The Morgan fingerprint density at radius 1 is 1.05 bits per heavy atom. The zero-order valence-corrected chi connectivity index (χ0v) is 24.5. The third kappa shape index (κ3) is 5.39. The fourth-order valence-electron chi connectivity index (χ4n) is 6.27. The average molecular weight is 603 g/mol. The number of halogens is 2. The lowest BCUT2D eigenvalue weighted by molar-refractivity contribution is -0.0498. The topological polar surface area (TPSA) is 96.5 Å². The van der Waals surface area contributed by atoms with Crippen molar-refractivity contribution in [1.29, 1.82) is 0 Å². The highest BCUT2D eigenvalue weighted by molar-refractivity contribution is 5.87. The first-order chi connectivity index (χ1) is 21.4. The average Bonchev–Trinajstić information content (AvgIpc) is 3.52. The van der Waals surface area contributed by atoms with Gasteiger partial charge in [0.2, 0.25) is 0 Å². The third-order valence-corrected chi connectivity index (χ3v) is 8.37. The molecule has 2 fully saturated rings. The van der Waals surface area contributed by atoms with Crippen LogP contribution in [0.4, 0.5) is 8.78 Å². The number of benzene rings is 2. The highest BCUT2D eigenvalue weighted by Gasteiger charge is 2.33. The van der Waals surface area contributed by atoms with Gasteiger partial charge in [0.05, 0.1) is 35.5 Å². The lowest BCUT2D eigenvalue weighted by Crippen LogP contribution is -2.43. The molecule has 12 heteroatoms. The second-order valence-electron chi connectivity index (χ2n) is 11.2. The van der Waals surface area contributed by atoms with Crippen molar-refractivity contribution in [3.8, 4) is 28.6 Å². The maximum Gasteiger partial charge on any atom is 0.387 e. The maximum atomic E-state index is 14.1. The first-order valence-electron chi connectivity index (χ1n) is 14.8. The number of rotatable bonds is 9. The fraction of sp³-hybridized carbons (Fsp3) is 0.375. The molecule has 228 valence electrons. The molecular weight excluding hydrogens is 570 g/mol. The van der Waals surface area contributed by atoms with Gasteiger partial charge in [-0.1, -0.05) is 6.07 Å². The summed E-state index contributed by atoms with van der Waals surface area (Å²) in [4.78, 5) is 30.3. The summed E-state index contributed by atoms with van der Waals surface area (Å²) in [5.74, 6) is 0.968. The van der Waals surface area contributed by atoms with Crippen LogP contribution in [0.2, 0.25) is 0 Å². The van der Waals surface area contributed by atoms with Gasteiger partial charge in [-0.2, -0.15) is 13.8 Å². The Labute approximate surface area is 251 Å². The Hall–Kier alpha value is -4.42. The molecule has 2 bridgehead atoms. The molecule has 2 aromatic carbocycles. The van der Waals surface area contributed by atoms with Gasteiger partial charge < -0.3 is 18.8 Å². The molecule has 0 saturated carbocycles. The van der Waals surface area contributed by atoms with Crippen molar-refractivity contribution in [2.24, 2.45) is 7.05 Å². The number of nitrogens with zero attached hydrogens (tertiary/aromatic N) is 6. The molecule has 7 rings (SSSR count). The second-order valence-corrected chi connectivity index (χ2v) is 11.2. The van der Waals surface area contributed by atoms with Gasteiger partial charge in [0.15, 0.2) is 5.65 Å². The van der Waals surface area contributed by atoms with E-state index in [4.69, 9.17) is 14.5 Å². The van der Waals surface area contributed by atoms with Crippen LogP contribution in [0.1, 0.15) is 25.6 Å². The van der Waals surface area contributed by atoms with Gasteiger partial charge in [0.1, 0.15) is 11.6 Å². The van der Waals surface area contributed by atoms with Crippen LogP contribution in [0.3, 0.4) is 0 Å². The predicted molar refractivity (Wildman–Crippen MR) is 161 cm³/mol. The van der Waals surface area contributed by atoms with Crippen LogP contribution in [0, 0.1) is 0 Å². The van der Waals surface area contributed by atoms with Gasteiger partial charge in [-0.25, -0.2) is 9.97 Å². The molecule has 2 aliphatic rings. The van der Waals surface area contributed by atoms with E-state index in [0.717, 1.165) is 55.8 Å². The van der Waals surface area contributed by atoms with Crippen LogP contribution in [-0.2, 0) is 18.2 Å². The SMILES string of the molecule is CCOc1ncc2cc(-c3ccc4nc(CCN5CC6CCC(C5)O6)n(C)c4c3)c(=O)n(-c3ccc(OC(F)F)cc3)c2n1. The van der Waals surface area contributed by atoms with Crippen molar-refractivity contribution < 1.29 is 23.0 Å². The quantitative estimate of drug-likeness (QED) is 0.239. The number of likely N-dealkylation sites (tertiary alicyclic amines) is 1. The molecule has 2 aliphatic heterocycles. The van der Waals surface area contributed by atoms with E-state index in [1.165, 1.54) is 16.7 Å². The summed E-state index contributed by atoms with van der Waals surface area (Å²) in [6.07, 6.45) is 5.41. The number of morpholine rings is 1. The summed E-state index contributed by atoms with van der Waals surface area (Å²) in [5, 5.41) is 0.612. The monoisotopic (exact) mass is 602 g/mol. The molecule has 2 saturated heterocycles. The summed E-state index contributed by atoms with van der Waals surface area (Å²) in [6, 6.07) is 13.6. The highest BCUT2D eigenvalue weighted by atomic mass is 19.3. The van der Waals surface area contributed by atoms with E-state index in [2.05, 4.69) is 24.2 Å². The van der Waals surface area contributed by atoms with Crippen molar-refractivity contribution in [3.63, 3.8) is 0 Å². The Kier molecular flexibility index (Phi) is 7.47. The van der Waals surface area contributed by atoms with E-state index < -0.39 is 6.61 Å². The molecule has 0 N–H and O–H groups in total. The van der Waals surface area contributed by atoms with Crippen LogP contribution in [0.25, 0.3) is 38.9 Å². The summed E-state index contributed by atoms with van der Waals surface area (Å²) in [5.41, 5.74) is 3.36. The lowest BCUT2D eigenvalue weighted by Gasteiger charge is -2.31. The van der Waals surface area contributed by atoms with E-state index >= 15 is 0 Å². The molecule has 0 radical (unpaired) electrons. The van der Waals surface area contributed by atoms with Gasteiger partial charge in [0.25, 0.3) is 5.56 Å². The van der Waals surface area contributed by atoms with Crippen molar-refractivity contribution in [2.45, 2.75) is 45.0 Å². The lowest BCUT2D eigenvalue weighted by atomic mass is 10.0. The second kappa shape index (κ2) is 11.6. The number of hydrogen-bond donors (Lipinski definition) is 0. The van der Waals surface area contributed by atoms with Crippen LogP contribution in [-0.4, -0.2) is 74.0 Å². The van der Waals surface area contributed by atoms with Crippen LogP contribution < -0.4 is 15.0 Å². The van der Waals surface area contributed by atoms with E-state index in [1.807, 2.05) is 32.2 Å². The van der Waals surface area contributed by atoms with Crippen LogP contribution in [0.15, 0.2) is 59.5 Å². The van der Waals surface area contributed by atoms with Crippen molar-refractivity contribution >= 4 is 22.1 Å². The summed E-state index contributed by atoms with van der Waals surface area (Å²) in [7, 11) is 2.00. The molecule has 0 aliphatic carbocycles. The van der Waals surface area contributed by atoms with E-state index in [-0.39, 0.29) is 17.3 Å². The van der Waals surface area contributed by atoms with Gasteiger partial charge in [0, 0.05) is 50.2 Å². The smallest absolute Gasteiger partial charge is 0.387 e. The minimum absolute atomic E-state index is 0.0136. The van der Waals surface area contributed by atoms with E-state index in [9.17, 15) is 13.6 Å². The van der Waals surface area contributed by atoms with Gasteiger partial charge in [-0.15, -0.1) is 0 Å². The molecular formula is C32H32F2N6O4. The Balaban J connectivity index is 1.26. The highest BCUT2D eigenvalue weighted by Crippen LogP contribution is 2.29. The van der Waals surface area contributed by atoms with E-state index in [1.54, 1.807) is 24.4 Å². The minimum atomic E-state index is -2.95. The molecule has 10 nitrogen and oxygen atoms in total. The maximum absolute atomic E-state index is 14.1. The molecule has 3 aromatic heterocycles. The number of alkyl halides is 2. The molecule has 0 amide bonds. The number of pyridine rings is 1. The van der Waals surface area contributed by atoms with Crippen molar-refractivity contribution in [1.82, 2.24) is 29.0 Å². The number of fused-ring (bicyclic) bond motifs is 4. The first-order valence-corrected chi connectivity index (χ1v) is 14.8. The molecule has 5 heterocycles. The fourth-order valence-corrected chi connectivity index (χ4v) is 6.27. The van der Waals surface area contributed by atoms with Gasteiger partial charge in [-0.05, 0) is 67.8 Å². The summed E-state index contributed by atoms with van der Waals surface area (Å²) in [6.45, 7) is 2.07. The van der Waals surface area contributed by atoms with Crippen molar-refractivity contribution in [2.75, 3.05) is 26.2 Å². The van der Waals surface area contributed by atoms with E-state index in [0.29, 0.717) is 46.7 Å². The zero-order chi connectivity index (χ0) is 30.4. The molecule has 5 aromatic rings. The Bertz CT molecular complexity index is 1880. The Morgan fingerprint density at radius 3 is 2.55 bits per heavy atom. The number of hydrogen-bond acceptors (Lipinski definition) is 8. The third-order valence-electron chi connectivity index (χ3n) is 8.37. The predicted octanol–water partition coefficient (Wildman–Crippen LogP) is 4.74. The summed E-state index contributed by atoms with van der Waals surface area (Å²) >= 11 is 0. The zero-order valence-electron chi connectivity index (χ0n) is 24.5. The number of ether oxygens (including phenoxy) is 3.